The summed E-state index contributed by atoms with van der Waals surface area (Å²) in [6, 6.07) is 8.26. The smallest absolute Gasteiger partial charge is 0.245 e. The maximum absolute atomic E-state index is 5.16. The zero-order chi connectivity index (χ0) is 13.9. The summed E-state index contributed by atoms with van der Waals surface area (Å²) < 4.78 is 5.16. The van der Waals surface area contributed by atoms with Gasteiger partial charge in [0.1, 0.15) is 5.75 Å². The van der Waals surface area contributed by atoms with E-state index in [1.165, 1.54) is 0 Å². The third kappa shape index (κ3) is 2.60. The molecule has 2 heterocycles. The molecule has 0 saturated carbocycles. The Kier molecular flexibility index (Phi) is 3.56. The van der Waals surface area contributed by atoms with Gasteiger partial charge in [0.2, 0.25) is 5.95 Å². The molecular formula is C14H19N5O. The first kappa shape index (κ1) is 12.9. The van der Waals surface area contributed by atoms with Crippen molar-refractivity contribution in [2.45, 2.75) is 13.0 Å². The van der Waals surface area contributed by atoms with E-state index in [0.717, 1.165) is 42.7 Å². The Morgan fingerprint density at radius 1 is 1.30 bits per heavy atom. The maximum Gasteiger partial charge on any atom is 0.245 e. The van der Waals surface area contributed by atoms with Gasteiger partial charge in [-0.3, -0.25) is 5.10 Å². The average Bonchev–Trinajstić information content (AvgIpc) is 2.97. The lowest BCUT2D eigenvalue weighted by Crippen LogP contribution is -2.49. The Bertz CT molecular complexity index is 565. The minimum Gasteiger partial charge on any atom is -0.497 e. The lowest BCUT2D eigenvalue weighted by Gasteiger charge is -2.30. The van der Waals surface area contributed by atoms with Gasteiger partial charge in [0.25, 0.3) is 0 Å². The molecule has 1 aliphatic rings. The van der Waals surface area contributed by atoms with Crippen LogP contribution in [0.2, 0.25) is 0 Å². The topological polar surface area (TPSA) is 66.1 Å². The normalized spacial score (nSPS) is 19.1. The van der Waals surface area contributed by atoms with Gasteiger partial charge in [-0.2, -0.15) is 4.98 Å². The fourth-order valence-electron chi connectivity index (χ4n) is 2.39. The number of nitrogens with one attached hydrogen (secondary N) is 2. The minimum atomic E-state index is 0.465. The Balaban J connectivity index is 1.78. The maximum atomic E-state index is 5.16. The van der Waals surface area contributed by atoms with E-state index < -0.39 is 0 Å². The summed E-state index contributed by atoms with van der Waals surface area (Å²) in [5.41, 5.74) is 1.01. The van der Waals surface area contributed by atoms with Crippen molar-refractivity contribution in [3.63, 3.8) is 0 Å². The Morgan fingerprint density at radius 3 is 2.80 bits per heavy atom. The first-order valence-electron chi connectivity index (χ1n) is 6.81. The fourth-order valence-corrected chi connectivity index (χ4v) is 2.39. The highest BCUT2D eigenvalue weighted by Gasteiger charge is 2.19. The minimum absolute atomic E-state index is 0.465. The van der Waals surface area contributed by atoms with Crippen molar-refractivity contribution in [1.82, 2.24) is 20.5 Å². The third-order valence-electron chi connectivity index (χ3n) is 3.49. The first-order chi connectivity index (χ1) is 9.76. The van der Waals surface area contributed by atoms with Crippen LogP contribution in [0.15, 0.2) is 24.3 Å². The Hall–Kier alpha value is -2.08. The van der Waals surface area contributed by atoms with Gasteiger partial charge in [0, 0.05) is 31.2 Å². The lowest BCUT2D eigenvalue weighted by atomic mass is 10.2. The molecule has 106 valence electrons. The lowest BCUT2D eigenvalue weighted by molar-refractivity contribution is 0.415. The molecule has 20 heavy (non-hydrogen) atoms. The molecule has 2 aromatic rings. The van der Waals surface area contributed by atoms with Gasteiger partial charge >= 0.3 is 0 Å². The summed E-state index contributed by atoms with van der Waals surface area (Å²) in [5.74, 6) is 2.39. The molecular weight excluding hydrogens is 254 g/mol. The van der Waals surface area contributed by atoms with E-state index in [4.69, 9.17) is 4.74 Å². The summed E-state index contributed by atoms with van der Waals surface area (Å²) in [5, 5.41) is 10.7. The van der Waals surface area contributed by atoms with Crippen LogP contribution in [0.4, 0.5) is 5.95 Å². The number of hydrogen-bond acceptors (Lipinski definition) is 5. The van der Waals surface area contributed by atoms with Crippen LogP contribution in [0.3, 0.4) is 0 Å². The van der Waals surface area contributed by atoms with Crippen LogP contribution < -0.4 is 15.0 Å². The number of H-pyrrole nitrogens is 1. The number of piperazine rings is 1. The number of rotatable bonds is 3. The molecule has 1 fully saturated rings. The van der Waals surface area contributed by atoms with Gasteiger partial charge in [-0.25, -0.2) is 0 Å². The second kappa shape index (κ2) is 5.50. The van der Waals surface area contributed by atoms with E-state index in [0.29, 0.717) is 6.04 Å². The predicted octanol–water partition coefficient (Wildman–Crippen LogP) is 1.28. The number of nitrogens with zero attached hydrogens (tertiary/aromatic N) is 3. The van der Waals surface area contributed by atoms with E-state index in [1.807, 2.05) is 24.3 Å². The van der Waals surface area contributed by atoms with Crippen molar-refractivity contribution in [3.8, 4) is 17.1 Å². The largest absolute Gasteiger partial charge is 0.497 e. The molecule has 6 nitrogen and oxygen atoms in total. The predicted molar refractivity (Wildman–Crippen MR) is 78.0 cm³/mol. The highest BCUT2D eigenvalue weighted by atomic mass is 16.5. The molecule has 0 radical (unpaired) electrons. The van der Waals surface area contributed by atoms with Crippen molar-refractivity contribution in [1.29, 1.82) is 0 Å². The van der Waals surface area contributed by atoms with Gasteiger partial charge in [0.05, 0.1) is 7.11 Å². The number of anilines is 1. The molecule has 1 aromatic carbocycles. The van der Waals surface area contributed by atoms with E-state index in [1.54, 1.807) is 7.11 Å². The number of hydrogen-bond donors (Lipinski definition) is 2. The van der Waals surface area contributed by atoms with Crippen LogP contribution in [-0.4, -0.2) is 48.0 Å². The summed E-state index contributed by atoms with van der Waals surface area (Å²) in [4.78, 5) is 6.78. The molecule has 3 rings (SSSR count). The van der Waals surface area contributed by atoms with Crippen LogP contribution in [0.1, 0.15) is 6.92 Å². The zero-order valence-corrected chi connectivity index (χ0v) is 11.8. The van der Waals surface area contributed by atoms with Crippen molar-refractivity contribution in [2.24, 2.45) is 0 Å². The van der Waals surface area contributed by atoms with Gasteiger partial charge in [-0.15, -0.1) is 5.10 Å². The molecule has 6 heteroatoms. The fraction of sp³-hybridized carbons (Fsp3) is 0.429. The van der Waals surface area contributed by atoms with E-state index in [2.05, 4.69) is 32.3 Å². The van der Waals surface area contributed by atoms with Crippen molar-refractivity contribution < 1.29 is 4.74 Å². The van der Waals surface area contributed by atoms with Crippen LogP contribution in [0, 0.1) is 0 Å². The molecule has 0 bridgehead atoms. The third-order valence-corrected chi connectivity index (χ3v) is 3.49. The van der Waals surface area contributed by atoms with E-state index >= 15 is 0 Å². The second-order valence-electron chi connectivity index (χ2n) is 5.01. The molecule has 1 atom stereocenters. The molecule has 1 aliphatic heterocycles. The van der Waals surface area contributed by atoms with Gasteiger partial charge in [-0.1, -0.05) is 0 Å². The zero-order valence-electron chi connectivity index (χ0n) is 11.8. The highest BCUT2D eigenvalue weighted by Crippen LogP contribution is 2.21. The SMILES string of the molecule is COc1ccc(-c2nc(N3CCNC(C)C3)n[nH]2)cc1. The van der Waals surface area contributed by atoms with Crippen molar-refractivity contribution >= 4 is 5.95 Å². The molecule has 0 spiro atoms. The number of benzene rings is 1. The van der Waals surface area contributed by atoms with Gasteiger partial charge < -0.3 is 15.0 Å². The molecule has 1 unspecified atom stereocenters. The van der Waals surface area contributed by atoms with Crippen molar-refractivity contribution in [3.05, 3.63) is 24.3 Å². The van der Waals surface area contributed by atoms with Crippen LogP contribution in [0.5, 0.6) is 5.75 Å². The van der Waals surface area contributed by atoms with E-state index in [-0.39, 0.29) is 0 Å². The number of ether oxygens (including phenoxy) is 1. The number of aromatic nitrogens is 3. The number of methoxy groups -OCH3 is 1. The first-order valence-corrected chi connectivity index (χ1v) is 6.81. The second-order valence-corrected chi connectivity index (χ2v) is 5.01. The van der Waals surface area contributed by atoms with E-state index in [9.17, 15) is 0 Å². The highest BCUT2D eigenvalue weighted by molar-refractivity contribution is 5.57. The van der Waals surface area contributed by atoms with Gasteiger partial charge in [-0.05, 0) is 31.2 Å². The molecule has 2 N–H and O–H groups in total. The Morgan fingerprint density at radius 2 is 2.10 bits per heavy atom. The van der Waals surface area contributed by atoms with Crippen LogP contribution in [0.25, 0.3) is 11.4 Å². The molecule has 1 saturated heterocycles. The summed E-state index contributed by atoms with van der Waals surface area (Å²) in [7, 11) is 1.66. The van der Waals surface area contributed by atoms with Crippen LogP contribution >= 0.6 is 0 Å². The summed E-state index contributed by atoms with van der Waals surface area (Å²) >= 11 is 0. The average molecular weight is 273 g/mol. The van der Waals surface area contributed by atoms with Crippen LogP contribution in [-0.2, 0) is 0 Å². The quantitative estimate of drug-likeness (QED) is 0.882. The monoisotopic (exact) mass is 273 g/mol. The number of aromatic amines is 1. The summed E-state index contributed by atoms with van der Waals surface area (Å²) in [6.45, 7) is 5.00. The van der Waals surface area contributed by atoms with Gasteiger partial charge in [0.15, 0.2) is 5.82 Å². The molecule has 0 amide bonds. The summed E-state index contributed by atoms with van der Waals surface area (Å²) in [6.07, 6.45) is 0. The van der Waals surface area contributed by atoms with Crippen molar-refractivity contribution in [2.75, 3.05) is 31.6 Å². The Labute approximate surface area is 118 Å². The molecule has 0 aliphatic carbocycles. The molecule has 1 aromatic heterocycles. The standard InChI is InChI=1S/C14H19N5O/c1-10-9-19(8-7-15-10)14-16-13(17-18-14)11-3-5-12(20-2)6-4-11/h3-6,10,15H,7-9H2,1-2H3,(H,16,17,18).